The molecule has 1 aromatic carbocycles. The van der Waals surface area contributed by atoms with Crippen molar-refractivity contribution in [1.82, 2.24) is 9.47 Å². The van der Waals surface area contributed by atoms with Gasteiger partial charge in [-0.15, -0.1) is 0 Å². The molecular weight excluding hydrogens is 432 g/mol. The lowest BCUT2D eigenvalue weighted by atomic mass is 9.83. The Bertz CT molecular complexity index is 1420. The summed E-state index contributed by atoms with van der Waals surface area (Å²) in [4.78, 5) is 40.2. The number of ether oxygens (including phenoxy) is 1. The lowest BCUT2D eigenvalue weighted by molar-refractivity contribution is -0.133. The quantitative estimate of drug-likeness (QED) is 0.431. The Morgan fingerprint density at radius 3 is 2.79 bits per heavy atom. The van der Waals surface area contributed by atoms with Gasteiger partial charge in [0.15, 0.2) is 0 Å². The van der Waals surface area contributed by atoms with Crippen LogP contribution in [-0.4, -0.2) is 35.1 Å². The van der Waals surface area contributed by atoms with E-state index >= 15 is 0 Å². The van der Waals surface area contributed by atoms with Gasteiger partial charge in [0.25, 0.3) is 5.56 Å². The van der Waals surface area contributed by atoms with Crippen molar-refractivity contribution in [3.05, 3.63) is 86.1 Å². The summed E-state index contributed by atoms with van der Waals surface area (Å²) < 4.78 is 13.1. The molecule has 2 aliphatic heterocycles. The number of hydrogen-bond acceptors (Lipinski definition) is 5. The molecule has 1 amide bonds. The summed E-state index contributed by atoms with van der Waals surface area (Å²) in [6.07, 6.45) is 0.971. The van der Waals surface area contributed by atoms with Crippen molar-refractivity contribution in [3.63, 3.8) is 0 Å². The Morgan fingerprint density at radius 2 is 2.00 bits per heavy atom. The number of pyridine rings is 1. The minimum atomic E-state index is -0.496. The first kappa shape index (κ1) is 22.2. The van der Waals surface area contributed by atoms with Gasteiger partial charge in [-0.05, 0) is 55.5 Å². The van der Waals surface area contributed by atoms with Crippen molar-refractivity contribution in [2.45, 2.75) is 39.2 Å². The molecule has 1 fully saturated rings. The van der Waals surface area contributed by atoms with Crippen LogP contribution in [0.25, 0.3) is 11.0 Å². The highest BCUT2D eigenvalue weighted by molar-refractivity contribution is 5.85. The fourth-order valence-corrected chi connectivity index (χ4v) is 5.24. The number of aromatic nitrogens is 1. The van der Waals surface area contributed by atoms with Crippen LogP contribution in [0.15, 0.2) is 62.6 Å². The van der Waals surface area contributed by atoms with Crippen molar-refractivity contribution in [2.75, 3.05) is 19.7 Å². The minimum Gasteiger partial charge on any atom is -0.489 e. The molecule has 34 heavy (non-hydrogen) atoms. The first-order valence-electron chi connectivity index (χ1n) is 11.6. The summed E-state index contributed by atoms with van der Waals surface area (Å²) in [6.45, 7) is 9.72. The normalized spacial score (nSPS) is 19.1. The summed E-state index contributed by atoms with van der Waals surface area (Å²) in [7, 11) is 0. The van der Waals surface area contributed by atoms with E-state index in [0.717, 1.165) is 28.6 Å². The van der Waals surface area contributed by atoms with Gasteiger partial charge in [0, 0.05) is 48.8 Å². The second-order valence-electron chi connectivity index (χ2n) is 9.57. The topological polar surface area (TPSA) is 81.8 Å². The van der Waals surface area contributed by atoms with E-state index in [1.807, 2.05) is 41.5 Å². The van der Waals surface area contributed by atoms with Gasteiger partial charge in [0.1, 0.15) is 17.9 Å². The van der Waals surface area contributed by atoms with E-state index in [-0.39, 0.29) is 29.7 Å². The molecule has 7 heteroatoms. The maximum absolute atomic E-state index is 13.3. The summed E-state index contributed by atoms with van der Waals surface area (Å²) in [5, 5.41) is 0.786. The molecule has 2 bridgehead atoms. The highest BCUT2D eigenvalue weighted by Crippen LogP contribution is 2.35. The number of likely N-dealkylation sites (tertiary alicyclic amines) is 1. The van der Waals surface area contributed by atoms with Crippen molar-refractivity contribution in [3.8, 4) is 5.75 Å². The number of amides is 1. The third-order valence-corrected chi connectivity index (χ3v) is 6.90. The van der Waals surface area contributed by atoms with Gasteiger partial charge in [-0.25, -0.2) is 4.79 Å². The molecule has 1 saturated heterocycles. The van der Waals surface area contributed by atoms with Crippen molar-refractivity contribution < 1.29 is 13.9 Å². The molecule has 2 aromatic heterocycles. The molecule has 2 aliphatic rings. The Labute approximate surface area is 197 Å². The first-order valence-corrected chi connectivity index (χ1v) is 11.6. The zero-order chi connectivity index (χ0) is 24.0. The number of aryl methyl sites for hydroxylation is 1. The largest absolute Gasteiger partial charge is 0.489 e. The lowest BCUT2D eigenvalue weighted by Crippen LogP contribution is -2.49. The van der Waals surface area contributed by atoms with E-state index in [4.69, 9.17) is 9.15 Å². The van der Waals surface area contributed by atoms with Crippen molar-refractivity contribution >= 4 is 16.9 Å². The number of carbonyl (C=O) groups excluding carboxylic acids is 1. The van der Waals surface area contributed by atoms with Crippen LogP contribution in [0.4, 0.5) is 0 Å². The van der Waals surface area contributed by atoms with Crippen LogP contribution in [0.1, 0.15) is 36.1 Å². The van der Waals surface area contributed by atoms with E-state index in [1.54, 1.807) is 18.2 Å². The Morgan fingerprint density at radius 1 is 1.18 bits per heavy atom. The van der Waals surface area contributed by atoms with Crippen LogP contribution in [0.2, 0.25) is 0 Å². The predicted octanol–water partition coefficient (Wildman–Crippen LogP) is 3.41. The second kappa shape index (κ2) is 8.63. The molecular formula is C27H28N2O5. The number of nitrogens with zero attached hydrogens (tertiary/aromatic N) is 2. The van der Waals surface area contributed by atoms with Gasteiger partial charge in [0.2, 0.25) is 5.91 Å². The maximum Gasteiger partial charge on any atom is 0.340 e. The molecule has 2 atom stereocenters. The molecule has 0 N–H and O–H groups in total. The third kappa shape index (κ3) is 4.06. The molecule has 0 saturated carbocycles. The monoisotopic (exact) mass is 460 g/mol. The van der Waals surface area contributed by atoms with E-state index < -0.39 is 5.63 Å². The van der Waals surface area contributed by atoms with Crippen LogP contribution < -0.4 is 15.9 Å². The zero-order valence-electron chi connectivity index (χ0n) is 19.5. The number of hydrogen-bond donors (Lipinski definition) is 0. The Kier molecular flexibility index (Phi) is 5.63. The van der Waals surface area contributed by atoms with E-state index in [2.05, 4.69) is 6.58 Å². The highest BCUT2D eigenvalue weighted by atomic mass is 16.5. The average Bonchev–Trinajstić information content (AvgIpc) is 2.80. The Balaban J connectivity index is 1.37. The van der Waals surface area contributed by atoms with Crippen molar-refractivity contribution in [1.29, 1.82) is 0 Å². The van der Waals surface area contributed by atoms with Gasteiger partial charge >= 0.3 is 5.63 Å². The molecule has 7 nitrogen and oxygen atoms in total. The molecule has 0 spiro atoms. The molecule has 4 heterocycles. The van der Waals surface area contributed by atoms with Crippen LogP contribution in [0.5, 0.6) is 5.75 Å². The molecule has 0 aliphatic carbocycles. The van der Waals surface area contributed by atoms with Crippen LogP contribution in [-0.2, 0) is 17.8 Å². The molecule has 0 radical (unpaired) electrons. The van der Waals surface area contributed by atoms with Crippen LogP contribution >= 0.6 is 0 Å². The number of rotatable bonds is 5. The zero-order valence-corrected chi connectivity index (χ0v) is 19.5. The summed E-state index contributed by atoms with van der Waals surface area (Å²) in [6, 6.07) is 10.7. The summed E-state index contributed by atoms with van der Waals surface area (Å²) >= 11 is 0. The van der Waals surface area contributed by atoms with Gasteiger partial charge in [0.05, 0.1) is 12.0 Å². The third-order valence-electron chi connectivity index (χ3n) is 6.90. The lowest BCUT2D eigenvalue weighted by Gasteiger charge is -2.42. The smallest absolute Gasteiger partial charge is 0.340 e. The summed E-state index contributed by atoms with van der Waals surface area (Å²) in [5.41, 5.74) is 2.98. The molecule has 176 valence electrons. The van der Waals surface area contributed by atoms with E-state index in [0.29, 0.717) is 43.1 Å². The van der Waals surface area contributed by atoms with Crippen molar-refractivity contribution in [2.24, 2.45) is 5.92 Å². The minimum absolute atomic E-state index is 0.000940. The number of carbonyl (C=O) groups is 1. The van der Waals surface area contributed by atoms with Crippen LogP contribution in [0, 0.1) is 12.8 Å². The first-order chi connectivity index (χ1) is 16.3. The fourth-order valence-electron chi connectivity index (χ4n) is 5.24. The van der Waals surface area contributed by atoms with Crippen LogP contribution in [0.3, 0.4) is 0 Å². The van der Waals surface area contributed by atoms with Gasteiger partial charge in [-0.1, -0.05) is 12.6 Å². The van der Waals surface area contributed by atoms with Gasteiger partial charge in [-0.2, -0.15) is 0 Å². The number of fused-ring (bicyclic) bond motifs is 5. The van der Waals surface area contributed by atoms with Gasteiger partial charge < -0.3 is 18.6 Å². The standard InChI is InChI=1S/C27H28N2O5/c1-16(2)15-33-20-7-8-21-17(3)22(27(32)34-24(21)10-20)11-26(31)28-12-18-9-19(14-28)23-5-4-6-25(30)29(23)13-18/h4-8,10,18-19H,1,9,11-15H2,2-3H3/t18-,19-/m0/s1. The second-order valence-corrected chi connectivity index (χ2v) is 9.57. The fraction of sp³-hybridized carbons (Fsp3) is 0.370. The average molecular weight is 461 g/mol. The number of benzene rings is 1. The van der Waals surface area contributed by atoms with E-state index in [1.165, 1.54) is 0 Å². The Hall–Kier alpha value is -3.61. The summed E-state index contributed by atoms with van der Waals surface area (Å²) in [5.74, 6) is 0.887. The predicted molar refractivity (Wildman–Crippen MR) is 129 cm³/mol. The molecule has 3 aromatic rings. The number of piperidine rings is 1. The van der Waals surface area contributed by atoms with Gasteiger partial charge in [-0.3, -0.25) is 9.59 Å². The maximum atomic E-state index is 13.3. The SMILES string of the molecule is C=C(C)COc1ccc2c(C)c(CC(=O)N3C[C@@H]4C[C@@H](C3)c3cccc(=O)n3C4)c(=O)oc2c1. The van der Waals surface area contributed by atoms with E-state index in [9.17, 15) is 14.4 Å². The molecule has 5 rings (SSSR count). The highest BCUT2D eigenvalue weighted by Gasteiger charge is 2.36. The molecule has 0 unspecified atom stereocenters.